The van der Waals surface area contributed by atoms with Crippen LogP contribution in [0, 0.1) is 23.7 Å². The summed E-state index contributed by atoms with van der Waals surface area (Å²) in [6.45, 7) is 3.88. The highest BCUT2D eigenvalue weighted by atomic mass is 16.3. The Kier molecular flexibility index (Phi) is 1.54. The molecule has 2 N–H and O–H groups in total. The zero-order chi connectivity index (χ0) is 10.1. The lowest BCUT2D eigenvalue weighted by Gasteiger charge is -2.64. The number of rotatable bonds is 0. The van der Waals surface area contributed by atoms with Crippen molar-refractivity contribution in [2.24, 2.45) is 23.7 Å². The van der Waals surface area contributed by atoms with E-state index < -0.39 is 11.2 Å². The van der Waals surface area contributed by atoms with Gasteiger partial charge in [-0.05, 0) is 57.3 Å². The maximum Gasteiger partial charge on any atom is 0.0703 e. The molecule has 0 aromatic rings. The second-order valence-corrected chi connectivity index (χ2v) is 6.21. The number of hydrogen-bond acceptors (Lipinski definition) is 2. The number of aliphatic hydroxyl groups is 2. The topological polar surface area (TPSA) is 40.5 Å². The molecule has 2 nitrogen and oxygen atoms in total. The van der Waals surface area contributed by atoms with Crippen LogP contribution >= 0.6 is 0 Å². The van der Waals surface area contributed by atoms with Crippen LogP contribution in [0.1, 0.15) is 39.5 Å². The van der Waals surface area contributed by atoms with Gasteiger partial charge in [0.2, 0.25) is 0 Å². The van der Waals surface area contributed by atoms with Crippen LogP contribution in [-0.4, -0.2) is 21.4 Å². The van der Waals surface area contributed by atoms with Crippen LogP contribution in [0.15, 0.2) is 0 Å². The lowest BCUT2D eigenvalue weighted by Crippen LogP contribution is -2.67. The molecule has 4 aliphatic rings. The van der Waals surface area contributed by atoms with Crippen molar-refractivity contribution in [3.05, 3.63) is 0 Å². The summed E-state index contributed by atoms with van der Waals surface area (Å²) in [5.41, 5.74) is -1.23. The molecule has 0 aromatic carbocycles. The van der Waals surface area contributed by atoms with Gasteiger partial charge >= 0.3 is 0 Å². The molecule has 0 aromatic heterocycles. The Balaban J connectivity index is 2.04. The highest BCUT2D eigenvalue weighted by molar-refractivity contribution is 5.13. The normalized spacial score (nSPS) is 66.0. The van der Waals surface area contributed by atoms with Crippen molar-refractivity contribution in [2.75, 3.05) is 0 Å². The average molecular weight is 196 g/mol. The van der Waals surface area contributed by atoms with Crippen LogP contribution in [0.4, 0.5) is 0 Å². The molecule has 0 radical (unpaired) electrons. The summed E-state index contributed by atoms with van der Waals surface area (Å²) in [5.74, 6) is 1.80. The predicted octanol–water partition coefficient (Wildman–Crippen LogP) is 1.55. The van der Waals surface area contributed by atoms with Crippen molar-refractivity contribution in [1.29, 1.82) is 0 Å². The maximum absolute atomic E-state index is 10.5. The van der Waals surface area contributed by atoms with Crippen molar-refractivity contribution < 1.29 is 10.2 Å². The van der Waals surface area contributed by atoms with Gasteiger partial charge in [0.05, 0.1) is 11.2 Å². The van der Waals surface area contributed by atoms with Crippen molar-refractivity contribution >= 4 is 0 Å². The maximum atomic E-state index is 10.5. The van der Waals surface area contributed by atoms with E-state index in [0.717, 1.165) is 18.8 Å². The third kappa shape index (κ3) is 0.892. The first-order valence-corrected chi connectivity index (χ1v) is 5.87. The zero-order valence-electron chi connectivity index (χ0n) is 9.03. The molecule has 4 saturated carbocycles. The van der Waals surface area contributed by atoms with Crippen LogP contribution in [0.25, 0.3) is 0 Å². The summed E-state index contributed by atoms with van der Waals surface area (Å²) in [6.07, 6.45) is 4.45. The van der Waals surface area contributed by atoms with Gasteiger partial charge in [-0.3, -0.25) is 0 Å². The minimum absolute atomic E-state index is 0.117. The lowest BCUT2D eigenvalue weighted by atomic mass is 9.45. The molecule has 4 fully saturated rings. The van der Waals surface area contributed by atoms with Crippen LogP contribution < -0.4 is 0 Å². The fourth-order valence-corrected chi connectivity index (χ4v) is 4.55. The van der Waals surface area contributed by atoms with Gasteiger partial charge in [-0.25, -0.2) is 0 Å². The van der Waals surface area contributed by atoms with Gasteiger partial charge in [-0.1, -0.05) is 0 Å². The first-order valence-electron chi connectivity index (χ1n) is 5.87. The standard InChI is InChI=1S/C12H20O2/c1-11(13)8-3-7-4-9(6-8)12(2,14)10(11)5-7/h7-10,13-14H,3-6H2,1-2H3. The van der Waals surface area contributed by atoms with Gasteiger partial charge < -0.3 is 10.2 Å². The summed E-state index contributed by atoms with van der Waals surface area (Å²) < 4.78 is 0. The van der Waals surface area contributed by atoms with E-state index in [9.17, 15) is 10.2 Å². The molecule has 0 amide bonds. The average Bonchev–Trinajstić information content (AvgIpc) is 2.09. The summed E-state index contributed by atoms with van der Waals surface area (Å²) in [5, 5.41) is 20.9. The van der Waals surface area contributed by atoms with E-state index in [1.807, 2.05) is 13.8 Å². The third-order valence-corrected chi connectivity index (χ3v) is 5.44. The molecular weight excluding hydrogens is 176 g/mol. The van der Waals surface area contributed by atoms with Gasteiger partial charge in [0.1, 0.15) is 0 Å². The molecule has 4 aliphatic carbocycles. The van der Waals surface area contributed by atoms with Gasteiger partial charge in [-0.15, -0.1) is 0 Å². The highest BCUT2D eigenvalue weighted by Crippen LogP contribution is 2.61. The van der Waals surface area contributed by atoms with Crippen molar-refractivity contribution in [2.45, 2.75) is 50.7 Å². The SMILES string of the molecule is CC1(O)C2CC3CC(C2)C(C)(O)C1C3. The van der Waals surface area contributed by atoms with Gasteiger partial charge in [0.15, 0.2) is 0 Å². The second-order valence-electron chi connectivity index (χ2n) is 6.21. The Labute approximate surface area is 85.3 Å². The van der Waals surface area contributed by atoms with Gasteiger partial charge in [0.25, 0.3) is 0 Å². The summed E-state index contributed by atoms with van der Waals surface area (Å²) in [6, 6.07) is 0. The Bertz CT molecular complexity index is 245. The first-order chi connectivity index (χ1) is 6.42. The Morgan fingerprint density at radius 1 is 0.857 bits per heavy atom. The molecule has 2 heteroatoms. The second kappa shape index (κ2) is 2.35. The van der Waals surface area contributed by atoms with E-state index in [2.05, 4.69) is 0 Å². The molecule has 0 spiro atoms. The van der Waals surface area contributed by atoms with E-state index in [1.165, 1.54) is 12.8 Å². The molecule has 80 valence electrons. The molecule has 0 aliphatic heterocycles. The quantitative estimate of drug-likeness (QED) is 0.617. The van der Waals surface area contributed by atoms with E-state index in [1.54, 1.807) is 0 Å². The molecule has 0 saturated heterocycles. The summed E-state index contributed by atoms with van der Waals surface area (Å²) >= 11 is 0. The van der Waals surface area contributed by atoms with Crippen molar-refractivity contribution in [1.82, 2.24) is 0 Å². The van der Waals surface area contributed by atoms with E-state index in [4.69, 9.17) is 0 Å². The van der Waals surface area contributed by atoms with E-state index in [-0.39, 0.29) is 5.92 Å². The van der Waals surface area contributed by atoms with Crippen LogP contribution in [0.3, 0.4) is 0 Å². The monoisotopic (exact) mass is 196 g/mol. The fraction of sp³-hybridized carbons (Fsp3) is 1.00. The fourth-order valence-electron chi connectivity index (χ4n) is 4.55. The number of hydrogen-bond donors (Lipinski definition) is 2. The Morgan fingerprint density at radius 2 is 1.36 bits per heavy atom. The summed E-state index contributed by atoms with van der Waals surface area (Å²) in [4.78, 5) is 0. The first kappa shape index (κ1) is 9.17. The minimum atomic E-state index is -0.614. The van der Waals surface area contributed by atoms with Crippen LogP contribution in [0.2, 0.25) is 0 Å². The van der Waals surface area contributed by atoms with Crippen LogP contribution in [-0.2, 0) is 0 Å². The molecule has 4 bridgehead atoms. The van der Waals surface area contributed by atoms with Crippen molar-refractivity contribution in [3.8, 4) is 0 Å². The Morgan fingerprint density at radius 3 is 1.86 bits per heavy atom. The van der Waals surface area contributed by atoms with Gasteiger partial charge in [-0.2, -0.15) is 0 Å². The van der Waals surface area contributed by atoms with Gasteiger partial charge in [0, 0.05) is 5.92 Å². The minimum Gasteiger partial charge on any atom is -0.389 e. The molecule has 4 rings (SSSR count). The largest absolute Gasteiger partial charge is 0.389 e. The summed E-state index contributed by atoms with van der Waals surface area (Å²) in [7, 11) is 0. The van der Waals surface area contributed by atoms with Crippen molar-refractivity contribution in [3.63, 3.8) is 0 Å². The van der Waals surface area contributed by atoms with E-state index in [0.29, 0.717) is 11.8 Å². The lowest BCUT2D eigenvalue weighted by molar-refractivity contribution is -0.253. The molecule has 14 heavy (non-hydrogen) atoms. The smallest absolute Gasteiger partial charge is 0.0703 e. The predicted molar refractivity (Wildman–Crippen MR) is 53.7 cm³/mol. The Hall–Kier alpha value is -0.0800. The third-order valence-electron chi connectivity index (χ3n) is 5.44. The highest BCUT2D eigenvalue weighted by Gasteiger charge is 2.63. The molecule has 0 heterocycles. The van der Waals surface area contributed by atoms with Crippen LogP contribution in [0.5, 0.6) is 0 Å². The van der Waals surface area contributed by atoms with E-state index >= 15 is 0 Å². The molecular formula is C12H20O2. The molecule has 4 unspecified atom stereocenters. The molecule has 4 atom stereocenters. The zero-order valence-corrected chi connectivity index (χ0v) is 9.03.